The Balaban J connectivity index is 1.41. The monoisotopic (exact) mass is 523 g/mol. The maximum atomic E-state index is 14.7. The number of amides is 2. The smallest absolute Gasteiger partial charge is 0.410 e. The molecule has 1 aromatic carbocycles. The number of aromatic nitrogens is 3. The lowest BCUT2D eigenvalue weighted by Crippen LogP contribution is -2.35. The quantitative estimate of drug-likeness (QED) is 0.487. The average Bonchev–Trinajstić information content (AvgIpc) is 3.46. The number of anilines is 1. The SMILES string of the molecule is CC(C)(C)OC(=O)N1CCC(Cn2ncc(Cl)c2C(=O)Nc2ncc(C#Cc3ccccc3)cc2F)C1. The highest BCUT2D eigenvalue weighted by Gasteiger charge is 2.31. The number of hydrogen-bond donors (Lipinski definition) is 1. The first kappa shape index (κ1) is 26.2. The van der Waals surface area contributed by atoms with Crippen LogP contribution < -0.4 is 5.32 Å². The van der Waals surface area contributed by atoms with Crippen LogP contribution >= 0.6 is 11.6 Å². The molecule has 2 amide bonds. The van der Waals surface area contributed by atoms with Gasteiger partial charge < -0.3 is 15.0 Å². The maximum Gasteiger partial charge on any atom is 0.410 e. The lowest BCUT2D eigenvalue weighted by molar-refractivity contribution is 0.0286. The number of carbonyl (C=O) groups excluding carboxylic acids is 2. The van der Waals surface area contributed by atoms with E-state index < -0.39 is 17.3 Å². The summed E-state index contributed by atoms with van der Waals surface area (Å²) in [6.07, 6.45) is 3.10. The van der Waals surface area contributed by atoms with Gasteiger partial charge in [-0.25, -0.2) is 14.2 Å². The predicted octanol–water partition coefficient (Wildman–Crippen LogP) is 4.98. The molecule has 0 saturated carbocycles. The van der Waals surface area contributed by atoms with Crippen molar-refractivity contribution < 1.29 is 18.7 Å². The standard InChI is InChI=1S/C27H27ClFN5O3/c1-27(2,3)37-26(36)33-12-11-20(16-33)17-34-23(21(28)15-31-34)25(35)32-24-22(29)13-19(14-30-24)10-9-18-7-5-4-6-8-18/h4-8,13-15,20H,11-12,16-17H2,1-3H3,(H,30,32,35). The number of pyridine rings is 1. The summed E-state index contributed by atoms with van der Waals surface area (Å²) in [7, 11) is 0. The van der Waals surface area contributed by atoms with Crippen LogP contribution in [0.15, 0.2) is 48.8 Å². The molecule has 1 unspecified atom stereocenters. The van der Waals surface area contributed by atoms with Gasteiger partial charge in [0.2, 0.25) is 0 Å². The van der Waals surface area contributed by atoms with Crippen molar-refractivity contribution in [2.75, 3.05) is 18.4 Å². The number of hydrogen-bond acceptors (Lipinski definition) is 5. The van der Waals surface area contributed by atoms with Gasteiger partial charge in [-0.1, -0.05) is 41.6 Å². The predicted molar refractivity (Wildman–Crippen MR) is 138 cm³/mol. The molecule has 1 aliphatic heterocycles. The highest BCUT2D eigenvalue weighted by molar-refractivity contribution is 6.34. The van der Waals surface area contributed by atoms with Gasteiger partial charge in [-0.2, -0.15) is 5.10 Å². The Morgan fingerprint density at radius 1 is 1.19 bits per heavy atom. The lowest BCUT2D eigenvalue weighted by Gasteiger charge is -2.24. The summed E-state index contributed by atoms with van der Waals surface area (Å²) in [6.45, 7) is 6.83. The maximum absolute atomic E-state index is 14.7. The fourth-order valence-electron chi connectivity index (χ4n) is 3.88. The van der Waals surface area contributed by atoms with Crippen molar-refractivity contribution in [1.82, 2.24) is 19.7 Å². The second kappa shape index (κ2) is 11.0. The van der Waals surface area contributed by atoms with E-state index >= 15 is 0 Å². The van der Waals surface area contributed by atoms with E-state index in [9.17, 15) is 14.0 Å². The Morgan fingerprint density at radius 2 is 1.92 bits per heavy atom. The molecule has 3 aromatic rings. The zero-order valence-electron chi connectivity index (χ0n) is 20.8. The van der Waals surface area contributed by atoms with Gasteiger partial charge in [-0.05, 0) is 51.3 Å². The van der Waals surface area contributed by atoms with E-state index in [1.54, 1.807) is 4.90 Å². The third kappa shape index (κ3) is 6.86. The molecule has 10 heteroatoms. The molecule has 3 heterocycles. The van der Waals surface area contributed by atoms with Crippen molar-refractivity contribution in [3.8, 4) is 11.8 Å². The van der Waals surface area contributed by atoms with Gasteiger partial charge in [0.15, 0.2) is 11.6 Å². The molecule has 0 bridgehead atoms. The fraction of sp³-hybridized carbons (Fsp3) is 0.333. The largest absolute Gasteiger partial charge is 0.444 e. The van der Waals surface area contributed by atoms with E-state index in [1.807, 2.05) is 51.1 Å². The third-order valence-corrected chi connectivity index (χ3v) is 5.85. The van der Waals surface area contributed by atoms with Gasteiger partial charge in [-0.15, -0.1) is 0 Å². The summed E-state index contributed by atoms with van der Waals surface area (Å²) in [5, 5.41) is 6.82. The average molecular weight is 524 g/mol. The third-order valence-electron chi connectivity index (χ3n) is 5.58. The molecule has 0 aliphatic carbocycles. The number of ether oxygens (including phenoxy) is 1. The number of halogens is 2. The van der Waals surface area contributed by atoms with Crippen LogP contribution in [-0.2, 0) is 11.3 Å². The fourth-order valence-corrected chi connectivity index (χ4v) is 4.10. The van der Waals surface area contributed by atoms with Crippen molar-refractivity contribution in [2.24, 2.45) is 5.92 Å². The molecule has 37 heavy (non-hydrogen) atoms. The summed E-state index contributed by atoms with van der Waals surface area (Å²) in [4.78, 5) is 31.0. The van der Waals surface area contributed by atoms with Crippen molar-refractivity contribution in [1.29, 1.82) is 0 Å². The number of likely N-dealkylation sites (tertiary alicyclic amines) is 1. The Kier molecular flexibility index (Phi) is 7.79. The van der Waals surface area contributed by atoms with Gasteiger partial charge in [0, 0.05) is 37.0 Å². The van der Waals surface area contributed by atoms with Crippen LogP contribution in [0, 0.1) is 23.6 Å². The highest BCUT2D eigenvalue weighted by Crippen LogP contribution is 2.24. The van der Waals surface area contributed by atoms with Crippen LogP contribution in [0.1, 0.15) is 48.8 Å². The normalized spacial score (nSPS) is 15.2. The molecule has 8 nitrogen and oxygen atoms in total. The topological polar surface area (TPSA) is 89.4 Å². The van der Waals surface area contributed by atoms with Gasteiger partial charge in [-0.3, -0.25) is 9.48 Å². The van der Waals surface area contributed by atoms with Gasteiger partial charge in [0.25, 0.3) is 5.91 Å². The van der Waals surface area contributed by atoms with Crippen molar-refractivity contribution in [3.63, 3.8) is 0 Å². The Labute approximate surface area is 219 Å². The van der Waals surface area contributed by atoms with Gasteiger partial charge in [0.05, 0.1) is 11.2 Å². The minimum atomic E-state index is -0.723. The second-order valence-electron chi connectivity index (χ2n) is 9.73. The summed E-state index contributed by atoms with van der Waals surface area (Å²) < 4.78 is 21.6. The molecule has 1 N–H and O–H groups in total. The highest BCUT2D eigenvalue weighted by atomic mass is 35.5. The van der Waals surface area contributed by atoms with Gasteiger partial charge in [0.1, 0.15) is 11.3 Å². The van der Waals surface area contributed by atoms with E-state index in [0.717, 1.165) is 12.0 Å². The number of nitrogens with zero attached hydrogens (tertiary/aromatic N) is 4. The van der Waals surface area contributed by atoms with E-state index in [1.165, 1.54) is 23.1 Å². The summed E-state index contributed by atoms with van der Waals surface area (Å²) in [6, 6.07) is 10.5. The number of nitrogens with one attached hydrogen (secondary N) is 1. The number of benzene rings is 1. The molecule has 4 rings (SSSR count). The summed E-state index contributed by atoms with van der Waals surface area (Å²) >= 11 is 6.25. The molecule has 0 radical (unpaired) electrons. The van der Waals surface area contributed by atoms with Crippen LogP contribution in [0.4, 0.5) is 15.0 Å². The molecule has 1 fully saturated rings. The van der Waals surface area contributed by atoms with Crippen molar-refractivity contribution >= 4 is 29.4 Å². The van der Waals surface area contributed by atoms with E-state index in [0.29, 0.717) is 25.2 Å². The minimum Gasteiger partial charge on any atom is -0.444 e. The zero-order chi connectivity index (χ0) is 26.6. The molecule has 1 atom stereocenters. The van der Waals surface area contributed by atoms with Crippen LogP contribution in [-0.4, -0.2) is 50.4 Å². The molecular formula is C27H27ClFN5O3. The van der Waals surface area contributed by atoms with E-state index in [4.69, 9.17) is 16.3 Å². The van der Waals surface area contributed by atoms with E-state index in [2.05, 4.69) is 27.2 Å². The lowest BCUT2D eigenvalue weighted by atomic mass is 10.1. The van der Waals surface area contributed by atoms with E-state index in [-0.39, 0.29) is 28.5 Å². The summed E-state index contributed by atoms with van der Waals surface area (Å²) in [5.74, 6) is 4.24. The first-order valence-electron chi connectivity index (χ1n) is 11.8. The molecule has 1 aliphatic rings. The molecule has 2 aromatic heterocycles. The molecular weight excluding hydrogens is 497 g/mol. The number of rotatable bonds is 4. The van der Waals surface area contributed by atoms with Crippen LogP contribution in [0.2, 0.25) is 5.02 Å². The van der Waals surface area contributed by atoms with Crippen molar-refractivity contribution in [3.05, 3.63) is 76.5 Å². The summed E-state index contributed by atoms with van der Waals surface area (Å²) in [5.41, 5.74) is 0.677. The first-order valence-corrected chi connectivity index (χ1v) is 12.2. The molecule has 1 saturated heterocycles. The Morgan fingerprint density at radius 3 is 2.62 bits per heavy atom. The van der Waals surface area contributed by atoms with Crippen molar-refractivity contribution in [2.45, 2.75) is 39.3 Å². The van der Waals surface area contributed by atoms with Crippen LogP contribution in [0.3, 0.4) is 0 Å². The molecule has 192 valence electrons. The second-order valence-corrected chi connectivity index (χ2v) is 10.1. The van der Waals surface area contributed by atoms with Crippen LogP contribution in [0.25, 0.3) is 0 Å². The first-order chi connectivity index (χ1) is 17.6. The Hall–Kier alpha value is -3.90. The van der Waals surface area contributed by atoms with Crippen LogP contribution in [0.5, 0.6) is 0 Å². The molecule has 0 spiro atoms. The van der Waals surface area contributed by atoms with Gasteiger partial charge >= 0.3 is 6.09 Å². The number of carbonyl (C=O) groups is 2. The minimum absolute atomic E-state index is 0.0485. The zero-order valence-corrected chi connectivity index (χ0v) is 21.6. The Bertz CT molecular complexity index is 1360.